The Morgan fingerprint density at radius 1 is 0.674 bits per heavy atom. The molecule has 0 unspecified atom stereocenters. The molecule has 0 spiro atoms. The van der Waals surface area contributed by atoms with Crippen LogP contribution in [0.25, 0.3) is 0 Å². The fraction of sp³-hybridized carbons (Fsp3) is 0.786. The van der Waals surface area contributed by atoms with E-state index in [2.05, 4.69) is 21.1 Å². The van der Waals surface area contributed by atoms with Crippen molar-refractivity contribution >= 4 is 35.4 Å². The van der Waals surface area contributed by atoms with Crippen molar-refractivity contribution in [3.8, 4) is 0 Å². The van der Waals surface area contributed by atoms with E-state index in [-0.39, 0.29) is 50.3 Å². The third-order valence-corrected chi connectivity index (χ3v) is 7.03. The van der Waals surface area contributed by atoms with Crippen molar-refractivity contribution in [2.24, 2.45) is 5.10 Å². The summed E-state index contributed by atoms with van der Waals surface area (Å²) in [5.41, 5.74) is 0.766. The van der Waals surface area contributed by atoms with E-state index < -0.39 is 11.9 Å². The van der Waals surface area contributed by atoms with Gasteiger partial charge in [0.1, 0.15) is 6.54 Å². The van der Waals surface area contributed by atoms with Gasteiger partial charge in [-0.15, -0.1) is 0 Å². The summed E-state index contributed by atoms with van der Waals surface area (Å²) >= 11 is 0. The molecule has 2 heterocycles. The molecule has 262 valence electrons. The van der Waals surface area contributed by atoms with Crippen molar-refractivity contribution in [3.63, 3.8) is 0 Å². The van der Waals surface area contributed by atoms with E-state index in [0.29, 0.717) is 98.4 Å². The van der Waals surface area contributed by atoms with Crippen LogP contribution in [0.2, 0.25) is 0 Å². The van der Waals surface area contributed by atoms with Gasteiger partial charge in [0.15, 0.2) is 0 Å². The lowest BCUT2D eigenvalue weighted by Gasteiger charge is -2.24. The molecule has 0 saturated carbocycles. The molecule has 0 aliphatic carbocycles. The number of nitrogens with zero attached hydrogens (tertiary/aromatic N) is 5. The third-order valence-electron chi connectivity index (χ3n) is 7.03. The van der Waals surface area contributed by atoms with Gasteiger partial charge in [-0.05, 0) is 7.05 Å². The van der Waals surface area contributed by atoms with E-state index >= 15 is 0 Å². The molecule has 0 atom stereocenters. The first kappa shape index (κ1) is 38.9. The fourth-order valence-corrected chi connectivity index (χ4v) is 4.62. The summed E-state index contributed by atoms with van der Waals surface area (Å²) in [5.74, 6) is -2.59. The topological polar surface area (TPSA) is 215 Å². The molecular weight excluding hydrogens is 608 g/mol. The Morgan fingerprint density at radius 2 is 1.11 bits per heavy atom. The second kappa shape index (κ2) is 23.1. The maximum Gasteiger partial charge on any atom is 0.317 e. The van der Waals surface area contributed by atoms with Gasteiger partial charge in [0.2, 0.25) is 17.7 Å². The van der Waals surface area contributed by atoms with Gasteiger partial charge in [0, 0.05) is 71.0 Å². The number of hydrogen-bond donors (Lipinski definition) is 5. The maximum atomic E-state index is 12.5. The number of aliphatic carboxylic acids is 2. The molecule has 18 heteroatoms. The molecule has 1 fully saturated rings. The van der Waals surface area contributed by atoms with Gasteiger partial charge < -0.3 is 40.4 Å². The molecule has 2 aliphatic rings. The summed E-state index contributed by atoms with van der Waals surface area (Å²) in [5, 5.41) is 32.2. The quantitative estimate of drug-likeness (QED) is 0.0676. The van der Waals surface area contributed by atoms with E-state index in [0.717, 1.165) is 12.3 Å². The Bertz CT molecular complexity index is 973. The lowest BCUT2D eigenvalue weighted by molar-refractivity contribution is -0.140. The Hall–Kier alpha value is -3.26. The first-order valence-corrected chi connectivity index (χ1v) is 15.5. The van der Waals surface area contributed by atoms with Crippen LogP contribution in [0, 0.1) is 0 Å². The van der Waals surface area contributed by atoms with E-state index in [9.17, 15) is 24.0 Å². The number of hydrogen-bond acceptors (Lipinski definition) is 13. The van der Waals surface area contributed by atoms with Crippen molar-refractivity contribution in [1.29, 1.82) is 0 Å². The molecule has 0 aromatic rings. The SMILES string of the molecule is CNCCC1=NN(CC(=O)NCCOCCOCCOCCNC(=O)CN2CCN(CC(=O)O)CCN(CC(=O)O)CC2)C(=O)C1. The highest BCUT2D eigenvalue weighted by Crippen LogP contribution is 2.09. The normalized spacial score (nSPS) is 16.8. The lowest BCUT2D eigenvalue weighted by atomic mass is 10.2. The van der Waals surface area contributed by atoms with Crippen LogP contribution in [-0.4, -0.2) is 197 Å². The van der Waals surface area contributed by atoms with Crippen LogP contribution in [0.5, 0.6) is 0 Å². The van der Waals surface area contributed by atoms with Gasteiger partial charge in [0.25, 0.3) is 0 Å². The summed E-state index contributed by atoms with van der Waals surface area (Å²) in [6.45, 7) is 5.80. The van der Waals surface area contributed by atoms with Crippen LogP contribution in [0.4, 0.5) is 0 Å². The Balaban J connectivity index is 1.46. The minimum Gasteiger partial charge on any atom is -0.480 e. The average molecular weight is 659 g/mol. The number of carbonyl (C=O) groups is 5. The molecule has 0 radical (unpaired) electrons. The van der Waals surface area contributed by atoms with E-state index in [1.54, 1.807) is 9.80 Å². The second-order valence-electron chi connectivity index (χ2n) is 10.8. The summed E-state index contributed by atoms with van der Waals surface area (Å²) in [6.07, 6.45) is 0.913. The number of hydrazone groups is 1. The number of amides is 3. The van der Waals surface area contributed by atoms with Gasteiger partial charge in [-0.2, -0.15) is 5.10 Å². The number of rotatable bonds is 23. The van der Waals surface area contributed by atoms with Crippen LogP contribution in [0.3, 0.4) is 0 Å². The zero-order valence-corrected chi connectivity index (χ0v) is 26.7. The van der Waals surface area contributed by atoms with Crippen molar-refractivity contribution in [3.05, 3.63) is 0 Å². The van der Waals surface area contributed by atoms with E-state index in [4.69, 9.17) is 24.4 Å². The second-order valence-corrected chi connectivity index (χ2v) is 10.8. The summed E-state index contributed by atoms with van der Waals surface area (Å²) in [7, 11) is 1.83. The maximum absolute atomic E-state index is 12.5. The van der Waals surface area contributed by atoms with E-state index in [1.165, 1.54) is 5.01 Å². The van der Waals surface area contributed by atoms with Crippen molar-refractivity contribution in [2.45, 2.75) is 12.8 Å². The summed E-state index contributed by atoms with van der Waals surface area (Å²) in [4.78, 5) is 64.2. The van der Waals surface area contributed by atoms with Gasteiger partial charge in [-0.25, -0.2) is 5.01 Å². The van der Waals surface area contributed by atoms with Crippen LogP contribution < -0.4 is 16.0 Å². The predicted octanol–water partition coefficient (Wildman–Crippen LogP) is -3.44. The molecule has 0 aromatic heterocycles. The van der Waals surface area contributed by atoms with Crippen molar-refractivity contribution in [2.75, 3.05) is 132 Å². The van der Waals surface area contributed by atoms with Crippen molar-refractivity contribution in [1.82, 2.24) is 35.7 Å². The van der Waals surface area contributed by atoms with Gasteiger partial charge in [-0.3, -0.25) is 38.7 Å². The summed E-state index contributed by atoms with van der Waals surface area (Å²) in [6, 6.07) is 0. The Kier molecular flexibility index (Phi) is 19.6. The Labute approximate surface area is 269 Å². The lowest BCUT2D eigenvalue weighted by Crippen LogP contribution is -2.43. The molecule has 0 aromatic carbocycles. The first-order valence-electron chi connectivity index (χ1n) is 15.5. The number of ether oxygens (including phenoxy) is 3. The fourth-order valence-electron chi connectivity index (χ4n) is 4.62. The zero-order valence-electron chi connectivity index (χ0n) is 26.7. The van der Waals surface area contributed by atoms with Crippen LogP contribution >= 0.6 is 0 Å². The number of carboxylic acid groups (broad SMARTS) is 2. The molecule has 0 bridgehead atoms. The molecular formula is C28H50N8O10. The van der Waals surface area contributed by atoms with Crippen molar-refractivity contribution < 1.29 is 48.4 Å². The average Bonchev–Trinajstić information content (AvgIpc) is 3.38. The largest absolute Gasteiger partial charge is 0.480 e. The molecule has 18 nitrogen and oxygen atoms in total. The molecule has 46 heavy (non-hydrogen) atoms. The van der Waals surface area contributed by atoms with E-state index in [1.807, 2.05) is 11.9 Å². The molecule has 5 N–H and O–H groups in total. The van der Waals surface area contributed by atoms with Crippen LogP contribution in [0.15, 0.2) is 5.10 Å². The monoisotopic (exact) mass is 658 g/mol. The third kappa shape index (κ3) is 18.0. The molecule has 2 aliphatic heterocycles. The number of carbonyl (C=O) groups excluding carboxylic acids is 3. The Morgan fingerprint density at radius 3 is 1.57 bits per heavy atom. The smallest absolute Gasteiger partial charge is 0.317 e. The molecule has 1 saturated heterocycles. The molecule has 3 amide bonds. The summed E-state index contributed by atoms with van der Waals surface area (Å²) < 4.78 is 16.4. The highest BCUT2D eigenvalue weighted by atomic mass is 16.5. The van der Waals surface area contributed by atoms with Crippen LogP contribution in [0.1, 0.15) is 12.8 Å². The predicted molar refractivity (Wildman–Crippen MR) is 165 cm³/mol. The minimum atomic E-state index is -0.954. The number of carboxylic acids is 2. The standard InChI is InChI=1S/C28H50N8O10/c1-29-3-2-23-18-26(39)36(32-23)20-25(38)31-5-13-45-15-17-46-16-14-44-12-4-30-24(37)19-33-6-8-34(21-27(40)41)10-11-35(9-7-33)22-28(42)43/h29H,2-22H2,1H3,(H,30,37)(H,31,38)(H,40,41)(H,42,43). The highest BCUT2D eigenvalue weighted by molar-refractivity contribution is 6.05. The highest BCUT2D eigenvalue weighted by Gasteiger charge is 2.25. The molecule has 2 rings (SSSR count). The van der Waals surface area contributed by atoms with Gasteiger partial charge in [0.05, 0.1) is 65.7 Å². The first-order chi connectivity index (χ1) is 22.2. The number of nitrogens with one attached hydrogen (secondary N) is 3. The van der Waals surface area contributed by atoms with Crippen LogP contribution in [-0.2, 0) is 38.2 Å². The van der Waals surface area contributed by atoms with Gasteiger partial charge in [-0.1, -0.05) is 0 Å². The minimum absolute atomic E-state index is 0.110. The zero-order chi connectivity index (χ0) is 33.6. The van der Waals surface area contributed by atoms with Gasteiger partial charge >= 0.3 is 11.9 Å².